The molecule has 0 saturated heterocycles. The summed E-state index contributed by atoms with van der Waals surface area (Å²) in [5, 5.41) is 6.25. The average molecular weight is 357 g/mol. The van der Waals surface area contributed by atoms with E-state index in [0.29, 0.717) is 6.54 Å². The predicted octanol–water partition coefficient (Wildman–Crippen LogP) is 2.22. The monoisotopic (exact) mass is 357 g/mol. The molecule has 0 heterocycles. The van der Waals surface area contributed by atoms with E-state index in [2.05, 4.69) is 53.6 Å². The summed E-state index contributed by atoms with van der Waals surface area (Å²) in [5.41, 5.74) is 3.82. The van der Waals surface area contributed by atoms with Crippen LogP contribution in [0, 0.1) is 26.2 Å². The van der Waals surface area contributed by atoms with Crippen molar-refractivity contribution in [1.82, 2.24) is 10.6 Å². The zero-order valence-corrected chi connectivity index (χ0v) is 13.4. The molecular formula is C14H20IN3. The molecule has 2 N–H and O–H groups in total. The molecule has 0 bridgehead atoms. The number of aryl methyl sites for hydroxylation is 2. The first kappa shape index (κ1) is 16.8. The molecule has 0 aliphatic rings. The van der Waals surface area contributed by atoms with Gasteiger partial charge in [0, 0.05) is 13.6 Å². The Morgan fingerprint density at radius 3 is 2.61 bits per heavy atom. The van der Waals surface area contributed by atoms with Crippen LogP contribution < -0.4 is 10.6 Å². The largest absolute Gasteiger partial charge is 0.352 e. The first-order valence-corrected chi connectivity index (χ1v) is 5.61. The van der Waals surface area contributed by atoms with Crippen LogP contribution in [-0.4, -0.2) is 19.6 Å². The first-order chi connectivity index (χ1) is 8.17. The molecule has 1 aromatic rings. The fourth-order valence-electron chi connectivity index (χ4n) is 1.58. The van der Waals surface area contributed by atoms with E-state index in [0.717, 1.165) is 12.5 Å². The van der Waals surface area contributed by atoms with Gasteiger partial charge in [-0.3, -0.25) is 4.99 Å². The number of nitrogens with one attached hydrogen (secondary N) is 2. The van der Waals surface area contributed by atoms with E-state index >= 15 is 0 Å². The minimum absolute atomic E-state index is 0. The van der Waals surface area contributed by atoms with Gasteiger partial charge in [0.05, 0.1) is 6.54 Å². The molecule has 0 spiro atoms. The fourth-order valence-corrected chi connectivity index (χ4v) is 1.58. The maximum atomic E-state index is 5.18. The lowest BCUT2D eigenvalue weighted by Crippen LogP contribution is -2.37. The number of terminal acetylenes is 1. The highest BCUT2D eigenvalue weighted by atomic mass is 127. The molecule has 0 saturated carbocycles. The molecule has 0 radical (unpaired) electrons. The summed E-state index contributed by atoms with van der Waals surface area (Å²) in [6, 6.07) is 6.42. The van der Waals surface area contributed by atoms with Gasteiger partial charge in [0.15, 0.2) is 5.96 Å². The third-order valence-electron chi connectivity index (χ3n) is 2.53. The summed E-state index contributed by atoms with van der Waals surface area (Å²) in [6.07, 6.45) is 5.18. The van der Waals surface area contributed by atoms with E-state index in [9.17, 15) is 0 Å². The van der Waals surface area contributed by atoms with Crippen LogP contribution in [0.2, 0.25) is 0 Å². The van der Waals surface area contributed by atoms with Crippen molar-refractivity contribution >= 4 is 29.9 Å². The lowest BCUT2D eigenvalue weighted by molar-refractivity contribution is 0.845. The summed E-state index contributed by atoms with van der Waals surface area (Å²) in [7, 11) is 1.73. The molecule has 0 aromatic heterocycles. The van der Waals surface area contributed by atoms with Gasteiger partial charge in [0.1, 0.15) is 0 Å². The molecule has 1 aromatic carbocycles. The van der Waals surface area contributed by atoms with Gasteiger partial charge in [0.25, 0.3) is 0 Å². The molecule has 98 valence electrons. The van der Waals surface area contributed by atoms with Crippen LogP contribution in [0.1, 0.15) is 16.7 Å². The molecule has 4 heteroatoms. The highest BCUT2D eigenvalue weighted by Crippen LogP contribution is 2.09. The molecule has 0 aliphatic heterocycles. The van der Waals surface area contributed by atoms with Gasteiger partial charge < -0.3 is 10.6 Å². The zero-order chi connectivity index (χ0) is 12.7. The van der Waals surface area contributed by atoms with E-state index < -0.39 is 0 Å². The molecule has 0 aliphatic carbocycles. The molecule has 3 nitrogen and oxygen atoms in total. The first-order valence-electron chi connectivity index (χ1n) is 5.61. The number of benzene rings is 1. The summed E-state index contributed by atoms with van der Waals surface area (Å²) in [5.74, 6) is 3.24. The van der Waals surface area contributed by atoms with Crippen LogP contribution in [0.25, 0.3) is 0 Å². The minimum Gasteiger partial charge on any atom is -0.352 e. The fraction of sp³-hybridized carbons (Fsp3) is 0.357. The Morgan fingerprint density at radius 2 is 2.06 bits per heavy atom. The number of rotatable bonds is 3. The quantitative estimate of drug-likeness (QED) is 0.377. The predicted molar refractivity (Wildman–Crippen MR) is 88.4 cm³/mol. The number of halogens is 1. The summed E-state index contributed by atoms with van der Waals surface area (Å²) < 4.78 is 0. The molecule has 0 unspecified atom stereocenters. The number of guanidine groups is 1. The topological polar surface area (TPSA) is 36.4 Å². The summed E-state index contributed by atoms with van der Waals surface area (Å²) in [6.45, 7) is 5.43. The standard InChI is InChI=1S/C14H19N3.HI/c1-5-8-16-14(15-4)17-10-13-7-6-11(2)9-12(13)3;/h1,6-7,9H,8,10H2,2-4H3,(H2,15,16,17);1H. The van der Waals surface area contributed by atoms with Crippen molar-refractivity contribution in [2.75, 3.05) is 13.6 Å². The van der Waals surface area contributed by atoms with Crippen LogP contribution >= 0.6 is 24.0 Å². The second-order valence-corrected chi connectivity index (χ2v) is 3.91. The van der Waals surface area contributed by atoms with Crippen molar-refractivity contribution in [3.8, 4) is 12.3 Å². The number of nitrogens with zero attached hydrogens (tertiary/aromatic N) is 1. The number of aliphatic imine (C=N–C) groups is 1. The van der Waals surface area contributed by atoms with E-state index in [1.807, 2.05) is 0 Å². The van der Waals surface area contributed by atoms with Crippen LogP contribution in [0.5, 0.6) is 0 Å². The van der Waals surface area contributed by atoms with Crippen LogP contribution in [0.4, 0.5) is 0 Å². The van der Waals surface area contributed by atoms with Crippen molar-refractivity contribution in [1.29, 1.82) is 0 Å². The normalized spacial score (nSPS) is 10.2. The lowest BCUT2D eigenvalue weighted by Gasteiger charge is -2.12. The minimum atomic E-state index is 0. The van der Waals surface area contributed by atoms with Crippen LogP contribution in [-0.2, 0) is 6.54 Å². The van der Waals surface area contributed by atoms with E-state index in [1.165, 1.54) is 16.7 Å². The Kier molecular flexibility index (Phi) is 8.21. The third kappa shape index (κ3) is 5.41. The van der Waals surface area contributed by atoms with Gasteiger partial charge in [-0.1, -0.05) is 29.7 Å². The van der Waals surface area contributed by atoms with Gasteiger partial charge in [-0.25, -0.2) is 0 Å². The molecule has 0 amide bonds. The highest BCUT2D eigenvalue weighted by Gasteiger charge is 2.00. The maximum absolute atomic E-state index is 5.18. The van der Waals surface area contributed by atoms with E-state index in [1.54, 1.807) is 7.05 Å². The van der Waals surface area contributed by atoms with Crippen molar-refractivity contribution in [3.63, 3.8) is 0 Å². The van der Waals surface area contributed by atoms with Crippen molar-refractivity contribution in [3.05, 3.63) is 34.9 Å². The zero-order valence-electron chi connectivity index (χ0n) is 11.1. The molecule has 0 fully saturated rings. The Labute approximate surface area is 126 Å². The number of hydrogen-bond donors (Lipinski definition) is 2. The lowest BCUT2D eigenvalue weighted by atomic mass is 10.1. The average Bonchev–Trinajstić information content (AvgIpc) is 2.31. The van der Waals surface area contributed by atoms with Crippen molar-refractivity contribution in [2.45, 2.75) is 20.4 Å². The Morgan fingerprint density at radius 1 is 1.33 bits per heavy atom. The molecular weight excluding hydrogens is 337 g/mol. The SMILES string of the molecule is C#CCNC(=NC)NCc1ccc(C)cc1C.I. The van der Waals surface area contributed by atoms with Gasteiger partial charge in [-0.2, -0.15) is 0 Å². The van der Waals surface area contributed by atoms with Crippen molar-refractivity contribution < 1.29 is 0 Å². The Hall–Kier alpha value is -1.22. The maximum Gasteiger partial charge on any atom is 0.192 e. The molecule has 0 atom stereocenters. The Balaban J connectivity index is 0.00000289. The van der Waals surface area contributed by atoms with Crippen LogP contribution in [0.3, 0.4) is 0 Å². The van der Waals surface area contributed by atoms with E-state index in [4.69, 9.17) is 6.42 Å². The van der Waals surface area contributed by atoms with Gasteiger partial charge in [-0.05, 0) is 25.0 Å². The highest BCUT2D eigenvalue weighted by molar-refractivity contribution is 14.0. The second kappa shape index (κ2) is 8.81. The number of hydrogen-bond acceptors (Lipinski definition) is 1. The molecule has 1 rings (SSSR count). The molecule has 18 heavy (non-hydrogen) atoms. The second-order valence-electron chi connectivity index (χ2n) is 3.91. The smallest absolute Gasteiger partial charge is 0.192 e. The van der Waals surface area contributed by atoms with Gasteiger partial charge in [-0.15, -0.1) is 30.4 Å². The van der Waals surface area contributed by atoms with E-state index in [-0.39, 0.29) is 24.0 Å². The van der Waals surface area contributed by atoms with Crippen LogP contribution in [0.15, 0.2) is 23.2 Å². The summed E-state index contributed by atoms with van der Waals surface area (Å²) >= 11 is 0. The Bertz CT molecular complexity index is 447. The van der Waals surface area contributed by atoms with Crippen molar-refractivity contribution in [2.24, 2.45) is 4.99 Å². The van der Waals surface area contributed by atoms with Gasteiger partial charge >= 0.3 is 0 Å². The van der Waals surface area contributed by atoms with Gasteiger partial charge in [0.2, 0.25) is 0 Å². The summed E-state index contributed by atoms with van der Waals surface area (Å²) in [4.78, 5) is 4.09. The third-order valence-corrected chi connectivity index (χ3v) is 2.53.